The third-order valence-electron chi connectivity index (χ3n) is 4.40. The fourth-order valence-electron chi connectivity index (χ4n) is 3.29. The van der Waals surface area contributed by atoms with Gasteiger partial charge >= 0.3 is 0 Å². The normalized spacial score (nSPS) is 15.2. The molecule has 0 unspecified atom stereocenters. The highest BCUT2D eigenvalue weighted by atomic mass is 32.2. The van der Waals surface area contributed by atoms with E-state index in [1.807, 2.05) is 24.3 Å². The number of benzene rings is 3. The molecule has 3 aromatic carbocycles. The number of hydrogen-bond acceptors (Lipinski definition) is 4. The zero-order valence-electron chi connectivity index (χ0n) is 12.6. The number of carbonyl (C=O) groups excluding carboxylic acids is 1. The molecular formula is C20H14O3S. The Morgan fingerprint density at radius 1 is 0.708 bits per heavy atom. The molecule has 4 rings (SSSR count). The first-order chi connectivity index (χ1) is 11.6. The van der Waals surface area contributed by atoms with Crippen LogP contribution in [0, 0.1) is 0 Å². The van der Waals surface area contributed by atoms with E-state index in [4.69, 9.17) is 0 Å². The van der Waals surface area contributed by atoms with E-state index in [1.165, 1.54) is 11.8 Å². The summed E-state index contributed by atoms with van der Waals surface area (Å²) < 4.78 is 0. The monoisotopic (exact) mass is 334 g/mol. The maximum absolute atomic E-state index is 13.2. The van der Waals surface area contributed by atoms with Gasteiger partial charge in [-0.05, 0) is 58.8 Å². The molecule has 1 aliphatic rings. The SMILES string of the molecule is O=C1Sc2ccccc2C1(c1ccc(O)cc1)c1ccc(O)cc1. The van der Waals surface area contributed by atoms with Gasteiger partial charge in [0.25, 0.3) is 0 Å². The van der Waals surface area contributed by atoms with E-state index >= 15 is 0 Å². The number of fused-ring (bicyclic) bond motifs is 1. The number of thioether (sulfide) groups is 1. The summed E-state index contributed by atoms with van der Waals surface area (Å²) in [5, 5.41) is 19.3. The Labute approximate surface area is 143 Å². The van der Waals surface area contributed by atoms with Crippen LogP contribution in [0.15, 0.2) is 77.7 Å². The van der Waals surface area contributed by atoms with Gasteiger partial charge in [-0.3, -0.25) is 4.79 Å². The van der Waals surface area contributed by atoms with Crippen LogP contribution in [-0.2, 0) is 10.2 Å². The first-order valence-electron chi connectivity index (χ1n) is 7.53. The average molecular weight is 334 g/mol. The number of phenolic OH excluding ortho intramolecular Hbond substituents is 2. The molecule has 0 bridgehead atoms. The zero-order chi connectivity index (χ0) is 16.7. The molecule has 0 atom stereocenters. The van der Waals surface area contributed by atoms with Gasteiger partial charge in [0.05, 0.1) is 0 Å². The highest BCUT2D eigenvalue weighted by molar-refractivity contribution is 8.14. The third-order valence-corrected chi connectivity index (χ3v) is 5.47. The van der Waals surface area contributed by atoms with Crippen molar-refractivity contribution in [3.05, 3.63) is 89.5 Å². The van der Waals surface area contributed by atoms with Gasteiger partial charge in [0, 0.05) is 4.90 Å². The smallest absolute Gasteiger partial charge is 0.213 e. The summed E-state index contributed by atoms with van der Waals surface area (Å²) in [7, 11) is 0. The van der Waals surface area contributed by atoms with E-state index in [-0.39, 0.29) is 16.6 Å². The molecule has 118 valence electrons. The van der Waals surface area contributed by atoms with Crippen LogP contribution in [0.4, 0.5) is 0 Å². The minimum atomic E-state index is -0.942. The molecule has 0 amide bonds. The molecule has 24 heavy (non-hydrogen) atoms. The lowest BCUT2D eigenvalue weighted by atomic mass is 9.70. The minimum absolute atomic E-state index is 0.0140. The minimum Gasteiger partial charge on any atom is -0.508 e. The molecule has 0 saturated heterocycles. The molecule has 0 fully saturated rings. The molecular weight excluding hydrogens is 320 g/mol. The Morgan fingerprint density at radius 2 is 1.21 bits per heavy atom. The van der Waals surface area contributed by atoms with Crippen molar-refractivity contribution in [3.8, 4) is 11.5 Å². The second-order valence-corrected chi connectivity index (χ2v) is 6.74. The second kappa shape index (κ2) is 5.42. The molecule has 0 saturated carbocycles. The molecule has 4 heteroatoms. The zero-order valence-corrected chi connectivity index (χ0v) is 13.5. The largest absolute Gasteiger partial charge is 0.508 e. The maximum Gasteiger partial charge on any atom is 0.213 e. The predicted octanol–water partition coefficient (Wildman–Crippen LogP) is 4.06. The molecule has 0 spiro atoms. The topological polar surface area (TPSA) is 57.5 Å². The number of hydrogen-bond donors (Lipinski definition) is 2. The molecule has 3 aromatic rings. The summed E-state index contributed by atoms with van der Waals surface area (Å²) >= 11 is 1.23. The highest BCUT2D eigenvalue weighted by Crippen LogP contribution is 2.53. The lowest BCUT2D eigenvalue weighted by molar-refractivity contribution is -0.113. The van der Waals surface area contributed by atoms with Gasteiger partial charge in [0.2, 0.25) is 5.12 Å². The number of aromatic hydroxyl groups is 2. The van der Waals surface area contributed by atoms with Crippen LogP contribution in [0.1, 0.15) is 16.7 Å². The van der Waals surface area contributed by atoms with E-state index < -0.39 is 5.41 Å². The van der Waals surface area contributed by atoms with Crippen LogP contribution in [0.5, 0.6) is 11.5 Å². The highest BCUT2D eigenvalue weighted by Gasteiger charge is 2.49. The fraction of sp³-hybridized carbons (Fsp3) is 0.0500. The summed E-state index contributed by atoms with van der Waals surface area (Å²) in [5.41, 5.74) is 1.58. The fourth-order valence-corrected chi connectivity index (χ4v) is 4.46. The maximum atomic E-state index is 13.2. The third kappa shape index (κ3) is 2.03. The lowest BCUT2D eigenvalue weighted by Crippen LogP contribution is -2.33. The van der Waals surface area contributed by atoms with E-state index in [0.29, 0.717) is 0 Å². The molecule has 1 aliphatic heterocycles. The molecule has 3 nitrogen and oxygen atoms in total. The van der Waals surface area contributed by atoms with Crippen LogP contribution in [-0.4, -0.2) is 15.3 Å². The van der Waals surface area contributed by atoms with Crippen LogP contribution < -0.4 is 0 Å². The number of rotatable bonds is 2. The molecule has 2 N–H and O–H groups in total. The van der Waals surface area contributed by atoms with Gasteiger partial charge in [-0.15, -0.1) is 0 Å². The average Bonchev–Trinajstić information content (AvgIpc) is 2.89. The van der Waals surface area contributed by atoms with Crippen LogP contribution in [0.25, 0.3) is 0 Å². The van der Waals surface area contributed by atoms with Crippen molar-refractivity contribution in [1.82, 2.24) is 0 Å². The van der Waals surface area contributed by atoms with Crippen LogP contribution in [0.2, 0.25) is 0 Å². The van der Waals surface area contributed by atoms with Crippen molar-refractivity contribution in [2.24, 2.45) is 0 Å². The van der Waals surface area contributed by atoms with Gasteiger partial charge in [-0.2, -0.15) is 0 Å². The summed E-state index contributed by atoms with van der Waals surface area (Å²) in [4.78, 5) is 14.1. The van der Waals surface area contributed by atoms with E-state index in [1.54, 1.807) is 48.5 Å². The molecule has 0 radical (unpaired) electrons. The quantitative estimate of drug-likeness (QED) is 0.742. The molecule has 0 aromatic heterocycles. The first-order valence-corrected chi connectivity index (χ1v) is 8.35. The van der Waals surface area contributed by atoms with E-state index in [2.05, 4.69) is 0 Å². The standard InChI is InChI=1S/C20H14O3S/c21-15-9-5-13(6-10-15)20(14-7-11-16(22)12-8-14)17-3-1-2-4-18(17)24-19(20)23/h1-12,21-22H. The number of carbonyl (C=O) groups is 1. The van der Waals surface area contributed by atoms with Crippen molar-refractivity contribution in [1.29, 1.82) is 0 Å². The van der Waals surface area contributed by atoms with Gasteiger partial charge in [0.1, 0.15) is 16.9 Å². The lowest BCUT2D eigenvalue weighted by Gasteiger charge is -2.29. The van der Waals surface area contributed by atoms with Crippen molar-refractivity contribution >= 4 is 16.9 Å². The Bertz CT molecular complexity index is 869. The summed E-state index contributed by atoms with van der Waals surface area (Å²) in [6.07, 6.45) is 0. The van der Waals surface area contributed by atoms with Crippen molar-refractivity contribution in [3.63, 3.8) is 0 Å². The second-order valence-electron chi connectivity index (χ2n) is 5.73. The predicted molar refractivity (Wildman–Crippen MR) is 93.4 cm³/mol. The first kappa shape index (κ1) is 14.8. The van der Waals surface area contributed by atoms with Crippen molar-refractivity contribution in [2.75, 3.05) is 0 Å². The van der Waals surface area contributed by atoms with E-state index in [0.717, 1.165) is 21.6 Å². The van der Waals surface area contributed by atoms with Crippen LogP contribution in [0.3, 0.4) is 0 Å². The van der Waals surface area contributed by atoms with Gasteiger partial charge in [-0.1, -0.05) is 42.5 Å². The number of phenols is 2. The Morgan fingerprint density at radius 3 is 1.75 bits per heavy atom. The summed E-state index contributed by atoms with van der Waals surface area (Å²) in [5.74, 6) is 0.317. The Kier molecular flexibility index (Phi) is 3.36. The van der Waals surface area contributed by atoms with Crippen molar-refractivity contribution < 1.29 is 15.0 Å². The Hall–Kier alpha value is -2.72. The van der Waals surface area contributed by atoms with Gasteiger partial charge in [0.15, 0.2) is 0 Å². The summed E-state index contributed by atoms with van der Waals surface area (Å²) in [6.45, 7) is 0. The van der Waals surface area contributed by atoms with E-state index in [9.17, 15) is 15.0 Å². The van der Waals surface area contributed by atoms with Gasteiger partial charge in [-0.25, -0.2) is 0 Å². The summed E-state index contributed by atoms with van der Waals surface area (Å²) in [6, 6.07) is 21.3. The van der Waals surface area contributed by atoms with Crippen molar-refractivity contribution in [2.45, 2.75) is 10.3 Å². The van der Waals surface area contributed by atoms with Gasteiger partial charge < -0.3 is 10.2 Å². The van der Waals surface area contributed by atoms with Crippen LogP contribution >= 0.6 is 11.8 Å². The Balaban J connectivity index is 2.06. The molecule has 1 heterocycles. The molecule has 0 aliphatic carbocycles.